The van der Waals surface area contributed by atoms with Crippen molar-refractivity contribution >= 4 is 5.91 Å². The first-order chi connectivity index (χ1) is 26.3. The number of aliphatic hydroxyl groups is 5. The number of nitrogens with one attached hydrogen (secondary N) is 1. The molecule has 6 N–H and O–H groups in total. The van der Waals surface area contributed by atoms with Crippen molar-refractivity contribution in [2.45, 2.75) is 217 Å². The van der Waals surface area contributed by atoms with Crippen molar-refractivity contribution < 1.29 is 39.8 Å². The highest BCUT2D eigenvalue weighted by Crippen LogP contribution is 2.22. The summed E-state index contributed by atoms with van der Waals surface area (Å²) >= 11 is 0. The molecule has 9 nitrogen and oxygen atoms in total. The van der Waals surface area contributed by atoms with E-state index in [9.17, 15) is 30.3 Å². The number of carbonyl (C=O) groups is 1. The SMILES string of the molecule is CCCC/C=C/C(O)C(COC1OC(CO)C(O)C(O)C1O)NC(=O)CCCCCCCCCCCCCC/C=C\C/C=C\C/C=C\CCCCCCC. The third-order valence-electron chi connectivity index (χ3n) is 10.1. The Balaban J connectivity index is 2.11. The second-order valence-corrected chi connectivity index (χ2v) is 15.1. The number of unbranched alkanes of at least 4 members (excludes halogenated alkanes) is 19. The normalized spacial score (nSPS) is 21.9. The highest BCUT2D eigenvalue weighted by atomic mass is 16.7. The average Bonchev–Trinajstić information content (AvgIpc) is 3.17. The lowest BCUT2D eigenvalue weighted by Crippen LogP contribution is -2.60. The van der Waals surface area contributed by atoms with Crippen LogP contribution in [0.25, 0.3) is 0 Å². The van der Waals surface area contributed by atoms with Crippen LogP contribution in [0.15, 0.2) is 48.6 Å². The molecule has 314 valence electrons. The van der Waals surface area contributed by atoms with E-state index >= 15 is 0 Å². The zero-order valence-electron chi connectivity index (χ0n) is 34.2. The molecule has 1 rings (SSSR count). The topological polar surface area (TPSA) is 149 Å². The number of hydrogen-bond acceptors (Lipinski definition) is 8. The number of hydrogen-bond donors (Lipinski definition) is 6. The molecule has 1 heterocycles. The van der Waals surface area contributed by atoms with Crippen LogP contribution in [-0.4, -0.2) is 87.5 Å². The van der Waals surface area contributed by atoms with Gasteiger partial charge < -0.3 is 40.3 Å². The Hall–Kier alpha value is -1.85. The molecule has 0 aromatic rings. The second-order valence-electron chi connectivity index (χ2n) is 15.1. The molecule has 0 saturated carbocycles. The molecule has 1 fully saturated rings. The van der Waals surface area contributed by atoms with Gasteiger partial charge in [-0.05, 0) is 51.4 Å². The molecule has 0 aliphatic carbocycles. The highest BCUT2D eigenvalue weighted by Gasteiger charge is 2.44. The van der Waals surface area contributed by atoms with Gasteiger partial charge in [0.25, 0.3) is 0 Å². The summed E-state index contributed by atoms with van der Waals surface area (Å²) in [7, 11) is 0. The Morgan fingerprint density at radius 1 is 0.630 bits per heavy atom. The first-order valence-electron chi connectivity index (χ1n) is 21.9. The molecule has 0 spiro atoms. The van der Waals surface area contributed by atoms with Crippen LogP contribution in [0.3, 0.4) is 0 Å². The Bertz CT molecular complexity index is 983. The number of aliphatic hydroxyl groups excluding tert-OH is 5. The van der Waals surface area contributed by atoms with Gasteiger partial charge in [-0.3, -0.25) is 4.79 Å². The summed E-state index contributed by atoms with van der Waals surface area (Å²) < 4.78 is 11.1. The van der Waals surface area contributed by atoms with Gasteiger partial charge >= 0.3 is 0 Å². The minimum absolute atomic E-state index is 0.191. The quantitative estimate of drug-likeness (QED) is 0.0278. The Labute approximate surface area is 329 Å². The summed E-state index contributed by atoms with van der Waals surface area (Å²) in [4.78, 5) is 12.8. The highest BCUT2D eigenvalue weighted by molar-refractivity contribution is 5.76. The van der Waals surface area contributed by atoms with Gasteiger partial charge in [-0.2, -0.15) is 0 Å². The number of ether oxygens (including phenoxy) is 2. The van der Waals surface area contributed by atoms with Crippen LogP contribution in [0.1, 0.15) is 174 Å². The van der Waals surface area contributed by atoms with Gasteiger partial charge in [0.05, 0.1) is 25.4 Å². The van der Waals surface area contributed by atoms with E-state index in [2.05, 4.69) is 55.6 Å². The molecule has 1 aliphatic rings. The molecule has 1 saturated heterocycles. The number of rotatable bonds is 35. The van der Waals surface area contributed by atoms with Crippen LogP contribution in [0.2, 0.25) is 0 Å². The lowest BCUT2D eigenvalue weighted by molar-refractivity contribution is -0.302. The molecular weight excluding hydrogens is 682 g/mol. The third kappa shape index (κ3) is 26.1. The molecular formula is C45H81NO8. The van der Waals surface area contributed by atoms with E-state index in [0.717, 1.165) is 51.4 Å². The average molecular weight is 764 g/mol. The first kappa shape index (κ1) is 50.2. The first-order valence-corrected chi connectivity index (χ1v) is 21.9. The van der Waals surface area contributed by atoms with E-state index in [-0.39, 0.29) is 12.5 Å². The number of amides is 1. The summed E-state index contributed by atoms with van der Waals surface area (Å²) in [6.07, 6.45) is 38.1. The number of carbonyl (C=O) groups excluding carboxylic acids is 1. The van der Waals surface area contributed by atoms with E-state index in [1.165, 1.54) is 103 Å². The molecule has 0 aromatic carbocycles. The van der Waals surface area contributed by atoms with Gasteiger partial charge in [-0.25, -0.2) is 0 Å². The lowest BCUT2D eigenvalue weighted by Gasteiger charge is -2.40. The van der Waals surface area contributed by atoms with Crippen LogP contribution in [-0.2, 0) is 14.3 Å². The van der Waals surface area contributed by atoms with Crippen molar-refractivity contribution in [2.75, 3.05) is 13.2 Å². The molecule has 1 aliphatic heterocycles. The fourth-order valence-corrected chi connectivity index (χ4v) is 6.56. The molecule has 7 atom stereocenters. The zero-order chi connectivity index (χ0) is 39.5. The lowest BCUT2D eigenvalue weighted by atomic mass is 9.99. The van der Waals surface area contributed by atoms with Gasteiger partial charge in [0, 0.05) is 6.42 Å². The van der Waals surface area contributed by atoms with E-state index in [1.54, 1.807) is 6.08 Å². The largest absolute Gasteiger partial charge is 0.394 e. The molecule has 9 heteroatoms. The maximum Gasteiger partial charge on any atom is 0.220 e. The predicted octanol–water partition coefficient (Wildman–Crippen LogP) is 8.67. The van der Waals surface area contributed by atoms with Gasteiger partial charge in [-0.1, -0.05) is 165 Å². The Kier molecular flexibility index (Phi) is 33.0. The van der Waals surface area contributed by atoms with Crippen molar-refractivity contribution in [3.8, 4) is 0 Å². The summed E-state index contributed by atoms with van der Waals surface area (Å²) in [5.74, 6) is -0.191. The van der Waals surface area contributed by atoms with Crippen LogP contribution in [0, 0.1) is 0 Å². The van der Waals surface area contributed by atoms with Crippen molar-refractivity contribution in [2.24, 2.45) is 0 Å². The van der Waals surface area contributed by atoms with Crippen LogP contribution < -0.4 is 5.32 Å². The van der Waals surface area contributed by atoms with E-state index in [0.29, 0.717) is 6.42 Å². The molecule has 7 unspecified atom stereocenters. The van der Waals surface area contributed by atoms with E-state index in [4.69, 9.17) is 9.47 Å². The van der Waals surface area contributed by atoms with Gasteiger partial charge in [0.2, 0.25) is 5.91 Å². The van der Waals surface area contributed by atoms with Crippen molar-refractivity contribution in [3.05, 3.63) is 48.6 Å². The van der Waals surface area contributed by atoms with Crippen molar-refractivity contribution in [1.29, 1.82) is 0 Å². The molecule has 54 heavy (non-hydrogen) atoms. The van der Waals surface area contributed by atoms with Crippen molar-refractivity contribution in [1.82, 2.24) is 5.32 Å². The summed E-state index contributed by atoms with van der Waals surface area (Å²) in [5, 5.41) is 53.5. The molecule has 1 amide bonds. The van der Waals surface area contributed by atoms with E-state index in [1.807, 2.05) is 6.08 Å². The second kappa shape index (κ2) is 35.6. The maximum absolute atomic E-state index is 12.8. The van der Waals surface area contributed by atoms with E-state index < -0.39 is 49.5 Å². The fraction of sp³-hybridized carbons (Fsp3) is 0.800. The maximum atomic E-state index is 12.8. The third-order valence-corrected chi connectivity index (χ3v) is 10.1. The zero-order valence-corrected chi connectivity index (χ0v) is 34.2. The molecule has 0 radical (unpaired) electrons. The molecule has 0 bridgehead atoms. The van der Waals surface area contributed by atoms with Crippen LogP contribution in [0.4, 0.5) is 0 Å². The van der Waals surface area contributed by atoms with Crippen LogP contribution in [0.5, 0.6) is 0 Å². The summed E-state index contributed by atoms with van der Waals surface area (Å²) in [5.41, 5.74) is 0. The fourth-order valence-electron chi connectivity index (χ4n) is 6.56. The standard InChI is InChI=1S/C45H81NO8/c1-3-5-7-9-10-11-12-13-14-15-16-17-18-19-20-21-22-23-24-25-26-27-28-29-30-31-33-35-41(49)46-38(39(48)34-32-8-6-4-2)37-53-45-44(52)43(51)42(50)40(36-47)54-45/h12-13,15-16,18-19,32,34,38-40,42-45,47-48,50-52H,3-11,14,17,20-31,33,35-37H2,1-2H3,(H,46,49)/b13-12-,16-15-,19-18-,34-32+. The smallest absolute Gasteiger partial charge is 0.220 e. The Morgan fingerprint density at radius 2 is 1.11 bits per heavy atom. The summed E-state index contributed by atoms with van der Waals surface area (Å²) in [6, 6.07) is -0.802. The monoisotopic (exact) mass is 764 g/mol. The predicted molar refractivity (Wildman–Crippen MR) is 221 cm³/mol. The minimum Gasteiger partial charge on any atom is -0.394 e. The Morgan fingerprint density at radius 3 is 1.65 bits per heavy atom. The summed E-state index contributed by atoms with van der Waals surface area (Å²) in [6.45, 7) is 3.59. The van der Waals surface area contributed by atoms with Gasteiger partial charge in [-0.15, -0.1) is 0 Å². The van der Waals surface area contributed by atoms with Crippen molar-refractivity contribution in [3.63, 3.8) is 0 Å². The van der Waals surface area contributed by atoms with Crippen LogP contribution >= 0.6 is 0 Å². The van der Waals surface area contributed by atoms with Gasteiger partial charge in [0.15, 0.2) is 6.29 Å². The van der Waals surface area contributed by atoms with Gasteiger partial charge in [0.1, 0.15) is 24.4 Å². The molecule has 0 aromatic heterocycles. The number of allylic oxidation sites excluding steroid dienone is 7. The minimum atomic E-state index is -1.56.